The molecule has 0 amide bonds. The minimum absolute atomic E-state index is 0.168. The van der Waals surface area contributed by atoms with Crippen LogP contribution in [0, 0.1) is 16.7 Å². The zero-order valence-corrected chi connectivity index (χ0v) is 12.0. The second kappa shape index (κ2) is 4.80. The fourth-order valence-corrected chi connectivity index (χ4v) is 2.29. The molecule has 96 valence electrons. The van der Waals surface area contributed by atoms with E-state index in [1.807, 2.05) is 13.8 Å². The summed E-state index contributed by atoms with van der Waals surface area (Å²) in [6, 6.07) is 0. The Bertz CT molecular complexity index is 345. The molecule has 1 heteroatoms. The Morgan fingerprint density at radius 1 is 1.47 bits per heavy atom. The Morgan fingerprint density at radius 3 is 2.59 bits per heavy atom. The number of allylic oxidation sites excluding steroid dienone is 3. The highest BCUT2D eigenvalue weighted by Crippen LogP contribution is 2.44. The highest BCUT2D eigenvalue weighted by Gasteiger charge is 2.34. The van der Waals surface area contributed by atoms with Gasteiger partial charge >= 0.3 is 0 Å². The molecule has 0 heterocycles. The van der Waals surface area contributed by atoms with Gasteiger partial charge in [0, 0.05) is 5.41 Å². The van der Waals surface area contributed by atoms with E-state index in [1.165, 1.54) is 18.4 Å². The van der Waals surface area contributed by atoms with Crippen molar-refractivity contribution in [3.63, 3.8) is 0 Å². The minimum Gasteiger partial charge on any atom is -0.299 e. The zero-order valence-electron chi connectivity index (χ0n) is 12.0. The monoisotopic (exact) mass is 234 g/mol. The predicted molar refractivity (Wildman–Crippen MR) is 73.9 cm³/mol. The molecule has 1 unspecified atom stereocenters. The van der Waals surface area contributed by atoms with Gasteiger partial charge in [-0.25, -0.2) is 0 Å². The van der Waals surface area contributed by atoms with Gasteiger partial charge in [-0.2, -0.15) is 0 Å². The molecule has 0 bridgehead atoms. The van der Waals surface area contributed by atoms with Gasteiger partial charge in [0.15, 0.2) is 0 Å². The van der Waals surface area contributed by atoms with Gasteiger partial charge in [0.25, 0.3) is 0 Å². The molecule has 0 radical (unpaired) electrons. The van der Waals surface area contributed by atoms with Gasteiger partial charge in [0.2, 0.25) is 0 Å². The van der Waals surface area contributed by atoms with E-state index in [9.17, 15) is 4.79 Å². The van der Waals surface area contributed by atoms with Gasteiger partial charge in [-0.15, -0.1) is 0 Å². The molecule has 0 aliphatic heterocycles. The Hall–Kier alpha value is -0.850. The van der Waals surface area contributed by atoms with Crippen LogP contribution in [-0.2, 0) is 4.79 Å². The maximum atomic E-state index is 11.5. The molecule has 17 heavy (non-hydrogen) atoms. The van der Waals surface area contributed by atoms with Crippen molar-refractivity contribution in [2.24, 2.45) is 16.7 Å². The maximum absolute atomic E-state index is 11.5. The quantitative estimate of drug-likeness (QED) is 0.655. The van der Waals surface area contributed by atoms with Crippen molar-refractivity contribution in [2.45, 2.75) is 53.9 Å². The number of hydrogen-bond acceptors (Lipinski definition) is 1. The number of rotatable bonds is 3. The topological polar surface area (TPSA) is 17.1 Å². The van der Waals surface area contributed by atoms with E-state index in [-0.39, 0.29) is 16.6 Å². The number of Topliss-reactive ketones (excluding diaryl/α,β-unsaturated/α-hetero) is 1. The van der Waals surface area contributed by atoms with Gasteiger partial charge in [-0.05, 0) is 51.4 Å². The number of hydrogen-bond donors (Lipinski definition) is 0. The van der Waals surface area contributed by atoms with Crippen LogP contribution in [0.1, 0.15) is 53.9 Å². The van der Waals surface area contributed by atoms with Crippen molar-refractivity contribution in [3.8, 4) is 0 Å². The van der Waals surface area contributed by atoms with Crippen molar-refractivity contribution in [1.82, 2.24) is 0 Å². The summed E-state index contributed by atoms with van der Waals surface area (Å²) in [6.45, 7) is 14.4. The van der Waals surface area contributed by atoms with Crippen molar-refractivity contribution in [2.75, 3.05) is 0 Å². The van der Waals surface area contributed by atoms with E-state index in [0.29, 0.717) is 5.92 Å². The summed E-state index contributed by atoms with van der Waals surface area (Å²) in [5.74, 6) is 0.739. The lowest BCUT2D eigenvalue weighted by atomic mass is 9.65. The van der Waals surface area contributed by atoms with Crippen LogP contribution in [0.3, 0.4) is 0 Å². The second-order valence-corrected chi connectivity index (χ2v) is 6.46. The van der Waals surface area contributed by atoms with Crippen molar-refractivity contribution in [1.29, 1.82) is 0 Å². The third-order valence-electron chi connectivity index (χ3n) is 4.48. The summed E-state index contributed by atoms with van der Waals surface area (Å²) in [4.78, 5) is 11.5. The van der Waals surface area contributed by atoms with Crippen LogP contribution in [0.25, 0.3) is 0 Å². The molecule has 0 N–H and O–H groups in total. The Balaban J connectivity index is 2.84. The van der Waals surface area contributed by atoms with Crippen LogP contribution in [-0.4, -0.2) is 5.78 Å². The highest BCUT2D eigenvalue weighted by atomic mass is 16.1. The molecular weight excluding hydrogens is 208 g/mol. The van der Waals surface area contributed by atoms with Gasteiger partial charge in [0.05, 0.1) is 0 Å². The molecule has 1 aliphatic carbocycles. The Morgan fingerprint density at radius 2 is 2.06 bits per heavy atom. The molecule has 1 nitrogen and oxygen atoms in total. The third-order valence-corrected chi connectivity index (χ3v) is 4.48. The number of ketones is 1. The summed E-state index contributed by atoms with van der Waals surface area (Å²) in [5.41, 5.74) is 1.18. The van der Waals surface area contributed by atoms with Crippen LogP contribution in [0.5, 0.6) is 0 Å². The van der Waals surface area contributed by atoms with E-state index in [4.69, 9.17) is 0 Å². The summed E-state index contributed by atoms with van der Waals surface area (Å²) < 4.78 is 0. The lowest BCUT2D eigenvalue weighted by Gasteiger charge is -2.39. The normalized spacial score (nSPS) is 25.2. The molecule has 1 rings (SSSR count). The lowest BCUT2D eigenvalue weighted by Crippen LogP contribution is -2.29. The predicted octanol–water partition coefficient (Wildman–Crippen LogP) is 4.54. The molecule has 0 saturated heterocycles. The van der Waals surface area contributed by atoms with E-state index in [1.54, 1.807) is 6.92 Å². The molecule has 0 aromatic rings. The first-order chi connectivity index (χ1) is 7.68. The SMILES string of the molecule is C=C1CCCC(C=CC(C)(C)C(C)=O)C1(C)C. The van der Waals surface area contributed by atoms with Crippen LogP contribution in [0.15, 0.2) is 24.3 Å². The number of carbonyl (C=O) groups excluding carboxylic acids is 1. The summed E-state index contributed by atoms with van der Waals surface area (Å²) >= 11 is 0. The van der Waals surface area contributed by atoms with E-state index < -0.39 is 0 Å². The van der Waals surface area contributed by atoms with Gasteiger partial charge in [-0.1, -0.05) is 38.2 Å². The Labute approximate surface area is 106 Å². The first kappa shape index (κ1) is 14.2. The largest absolute Gasteiger partial charge is 0.299 e. The average Bonchev–Trinajstić information content (AvgIpc) is 2.20. The van der Waals surface area contributed by atoms with E-state index in [2.05, 4.69) is 32.6 Å². The van der Waals surface area contributed by atoms with Crippen LogP contribution >= 0.6 is 0 Å². The summed E-state index contributed by atoms with van der Waals surface area (Å²) in [7, 11) is 0. The van der Waals surface area contributed by atoms with Gasteiger partial charge in [-0.3, -0.25) is 4.79 Å². The average molecular weight is 234 g/mol. The van der Waals surface area contributed by atoms with Crippen molar-refractivity contribution < 1.29 is 4.79 Å². The molecule has 1 atom stereocenters. The minimum atomic E-state index is -0.338. The molecule has 1 saturated carbocycles. The fraction of sp³-hybridized carbons (Fsp3) is 0.688. The van der Waals surface area contributed by atoms with Crippen LogP contribution < -0.4 is 0 Å². The van der Waals surface area contributed by atoms with Gasteiger partial charge in [0.1, 0.15) is 5.78 Å². The lowest BCUT2D eigenvalue weighted by molar-refractivity contribution is -0.122. The number of carbonyl (C=O) groups is 1. The van der Waals surface area contributed by atoms with Crippen molar-refractivity contribution >= 4 is 5.78 Å². The van der Waals surface area contributed by atoms with E-state index in [0.717, 1.165) is 6.42 Å². The molecule has 0 aromatic heterocycles. The van der Waals surface area contributed by atoms with E-state index >= 15 is 0 Å². The maximum Gasteiger partial charge on any atom is 0.139 e. The summed E-state index contributed by atoms with van der Waals surface area (Å²) in [6.07, 6.45) is 7.90. The second-order valence-electron chi connectivity index (χ2n) is 6.46. The fourth-order valence-electron chi connectivity index (χ4n) is 2.29. The third kappa shape index (κ3) is 3.08. The standard InChI is InChI=1S/C16H26O/c1-12-8-7-9-14(16(12,5)6)10-11-15(3,4)13(2)17/h10-11,14H,1,7-9H2,2-6H3. The molecule has 1 fully saturated rings. The highest BCUT2D eigenvalue weighted by molar-refractivity contribution is 5.83. The molecular formula is C16H26O. The zero-order chi connectivity index (χ0) is 13.3. The summed E-state index contributed by atoms with van der Waals surface area (Å²) in [5, 5.41) is 0. The van der Waals surface area contributed by atoms with Crippen LogP contribution in [0.4, 0.5) is 0 Å². The molecule has 0 spiro atoms. The first-order valence-corrected chi connectivity index (χ1v) is 6.56. The van der Waals surface area contributed by atoms with Crippen molar-refractivity contribution in [3.05, 3.63) is 24.3 Å². The Kier molecular flexibility index (Phi) is 4.01. The first-order valence-electron chi connectivity index (χ1n) is 6.56. The smallest absolute Gasteiger partial charge is 0.139 e. The van der Waals surface area contributed by atoms with Gasteiger partial charge < -0.3 is 0 Å². The van der Waals surface area contributed by atoms with Crippen LogP contribution in [0.2, 0.25) is 0 Å². The molecule has 1 aliphatic rings. The molecule has 0 aromatic carbocycles.